The lowest BCUT2D eigenvalue weighted by Gasteiger charge is -1.99. The first-order chi connectivity index (χ1) is 4.83. The van der Waals surface area contributed by atoms with E-state index in [1.165, 1.54) is 12.8 Å². The Bertz CT molecular complexity index is 116. The molecule has 0 bridgehead atoms. The molecule has 0 atom stereocenters. The van der Waals surface area contributed by atoms with Gasteiger partial charge in [-0.05, 0) is 25.2 Å². The lowest BCUT2D eigenvalue weighted by Crippen LogP contribution is -2.03. The van der Waals surface area contributed by atoms with Crippen molar-refractivity contribution in [3.8, 4) is 0 Å². The standard InChI is InChI=1S/C8H13O2/c1-2-8(9)10-6-5-7-3-4-7/h2-6H2,1H3. The molecule has 0 aromatic carbocycles. The van der Waals surface area contributed by atoms with Crippen molar-refractivity contribution < 1.29 is 9.53 Å². The fraction of sp³-hybridized carbons (Fsp3) is 0.750. The molecule has 0 aliphatic heterocycles. The number of esters is 1. The van der Waals surface area contributed by atoms with Crippen LogP contribution in [0.1, 0.15) is 32.6 Å². The van der Waals surface area contributed by atoms with E-state index < -0.39 is 0 Å². The van der Waals surface area contributed by atoms with Crippen molar-refractivity contribution in [3.63, 3.8) is 0 Å². The van der Waals surface area contributed by atoms with Crippen LogP contribution in [-0.2, 0) is 9.53 Å². The molecule has 57 valence electrons. The summed E-state index contributed by atoms with van der Waals surface area (Å²) in [5.74, 6) is 1.46. The Labute approximate surface area is 61.6 Å². The summed E-state index contributed by atoms with van der Waals surface area (Å²) in [5.41, 5.74) is 0. The molecule has 0 N–H and O–H groups in total. The van der Waals surface area contributed by atoms with Crippen LogP contribution >= 0.6 is 0 Å². The molecule has 1 rings (SSSR count). The Morgan fingerprint density at radius 2 is 2.30 bits per heavy atom. The largest absolute Gasteiger partial charge is 0.466 e. The first kappa shape index (κ1) is 7.58. The Morgan fingerprint density at radius 3 is 2.80 bits per heavy atom. The highest BCUT2D eigenvalue weighted by Gasteiger charge is 2.21. The van der Waals surface area contributed by atoms with Crippen LogP contribution in [0.25, 0.3) is 0 Å². The second-order valence-corrected chi connectivity index (χ2v) is 2.57. The van der Waals surface area contributed by atoms with E-state index in [1.54, 1.807) is 5.92 Å². The predicted octanol–water partition coefficient (Wildman–Crippen LogP) is 1.70. The molecule has 2 nitrogen and oxygen atoms in total. The number of hydrogen-bond acceptors (Lipinski definition) is 2. The molecular formula is C8H13O2. The minimum absolute atomic E-state index is 0.0822. The first-order valence-corrected chi connectivity index (χ1v) is 3.82. The predicted molar refractivity (Wildman–Crippen MR) is 38.3 cm³/mol. The van der Waals surface area contributed by atoms with E-state index in [0.717, 1.165) is 6.42 Å². The summed E-state index contributed by atoms with van der Waals surface area (Å²) in [4.78, 5) is 10.6. The molecule has 0 saturated heterocycles. The highest BCUT2D eigenvalue weighted by atomic mass is 16.5. The highest BCUT2D eigenvalue weighted by molar-refractivity contribution is 5.68. The third kappa shape index (κ3) is 2.85. The maximum Gasteiger partial charge on any atom is 0.305 e. The molecule has 0 amide bonds. The first-order valence-electron chi connectivity index (χ1n) is 3.82. The summed E-state index contributed by atoms with van der Waals surface area (Å²) in [5, 5.41) is 0. The van der Waals surface area contributed by atoms with E-state index in [-0.39, 0.29) is 5.97 Å². The fourth-order valence-corrected chi connectivity index (χ4v) is 0.750. The molecule has 2 heteroatoms. The van der Waals surface area contributed by atoms with Crippen molar-refractivity contribution in [3.05, 3.63) is 5.92 Å². The molecule has 1 fully saturated rings. The van der Waals surface area contributed by atoms with Crippen molar-refractivity contribution in [2.45, 2.75) is 32.6 Å². The summed E-state index contributed by atoms with van der Waals surface area (Å²) < 4.78 is 4.88. The number of rotatable bonds is 4. The van der Waals surface area contributed by atoms with Crippen molar-refractivity contribution in [2.75, 3.05) is 6.61 Å². The van der Waals surface area contributed by atoms with E-state index in [0.29, 0.717) is 13.0 Å². The Morgan fingerprint density at radius 1 is 1.60 bits per heavy atom. The van der Waals surface area contributed by atoms with Crippen LogP contribution in [0.4, 0.5) is 0 Å². The topological polar surface area (TPSA) is 26.3 Å². The average molecular weight is 141 g/mol. The smallest absolute Gasteiger partial charge is 0.305 e. The molecule has 0 aromatic heterocycles. The van der Waals surface area contributed by atoms with Gasteiger partial charge in [0.25, 0.3) is 0 Å². The van der Waals surface area contributed by atoms with Crippen molar-refractivity contribution in [2.24, 2.45) is 0 Å². The van der Waals surface area contributed by atoms with Gasteiger partial charge in [-0.15, -0.1) is 0 Å². The second kappa shape index (κ2) is 3.59. The van der Waals surface area contributed by atoms with Gasteiger partial charge in [0, 0.05) is 6.42 Å². The van der Waals surface area contributed by atoms with E-state index in [2.05, 4.69) is 0 Å². The fourth-order valence-electron chi connectivity index (χ4n) is 0.750. The Hall–Kier alpha value is -0.530. The molecule has 10 heavy (non-hydrogen) atoms. The maximum atomic E-state index is 10.6. The van der Waals surface area contributed by atoms with Crippen LogP contribution in [-0.4, -0.2) is 12.6 Å². The Balaban J connectivity index is 1.88. The molecule has 0 aromatic rings. The molecule has 0 heterocycles. The summed E-state index contributed by atoms with van der Waals surface area (Å²) in [7, 11) is 0. The van der Waals surface area contributed by atoms with Gasteiger partial charge in [-0.1, -0.05) is 6.92 Å². The Kier molecular flexibility index (Phi) is 2.72. The lowest BCUT2D eigenvalue weighted by atomic mass is 10.3. The van der Waals surface area contributed by atoms with Gasteiger partial charge in [0.15, 0.2) is 0 Å². The van der Waals surface area contributed by atoms with Crippen LogP contribution < -0.4 is 0 Å². The van der Waals surface area contributed by atoms with E-state index in [1.807, 2.05) is 6.92 Å². The third-order valence-electron chi connectivity index (χ3n) is 1.61. The van der Waals surface area contributed by atoms with Gasteiger partial charge in [0.2, 0.25) is 0 Å². The second-order valence-electron chi connectivity index (χ2n) is 2.57. The molecule has 1 aliphatic rings. The minimum Gasteiger partial charge on any atom is -0.466 e. The monoisotopic (exact) mass is 141 g/mol. The summed E-state index contributed by atoms with van der Waals surface area (Å²) in [6.45, 7) is 2.41. The normalized spacial score (nSPS) is 16.9. The van der Waals surface area contributed by atoms with E-state index >= 15 is 0 Å². The van der Waals surface area contributed by atoms with E-state index in [9.17, 15) is 4.79 Å². The van der Waals surface area contributed by atoms with Gasteiger partial charge in [-0.2, -0.15) is 0 Å². The molecule has 0 spiro atoms. The lowest BCUT2D eigenvalue weighted by molar-refractivity contribution is -0.143. The van der Waals surface area contributed by atoms with Gasteiger partial charge in [0.1, 0.15) is 0 Å². The van der Waals surface area contributed by atoms with Crippen molar-refractivity contribution in [1.82, 2.24) is 0 Å². The van der Waals surface area contributed by atoms with E-state index in [4.69, 9.17) is 4.74 Å². The summed E-state index contributed by atoms with van der Waals surface area (Å²) in [6, 6.07) is 0. The SMILES string of the molecule is CCC(=O)OCC[C]1CC1. The van der Waals surface area contributed by atoms with Crippen LogP contribution in [0.3, 0.4) is 0 Å². The minimum atomic E-state index is -0.0822. The quantitative estimate of drug-likeness (QED) is 0.557. The zero-order valence-corrected chi connectivity index (χ0v) is 6.35. The average Bonchev–Trinajstić information content (AvgIpc) is 2.71. The van der Waals surface area contributed by atoms with Crippen molar-refractivity contribution in [1.29, 1.82) is 0 Å². The van der Waals surface area contributed by atoms with Crippen LogP contribution in [0, 0.1) is 5.92 Å². The van der Waals surface area contributed by atoms with Gasteiger partial charge in [0.05, 0.1) is 6.61 Å². The van der Waals surface area contributed by atoms with Gasteiger partial charge in [-0.25, -0.2) is 0 Å². The number of carbonyl (C=O) groups excluding carboxylic acids is 1. The summed E-state index contributed by atoms with van der Waals surface area (Å²) in [6.07, 6.45) is 3.99. The number of hydrogen-bond donors (Lipinski definition) is 0. The zero-order valence-electron chi connectivity index (χ0n) is 6.35. The zero-order chi connectivity index (χ0) is 7.40. The van der Waals surface area contributed by atoms with Gasteiger partial charge >= 0.3 is 5.97 Å². The molecule has 0 unspecified atom stereocenters. The van der Waals surface area contributed by atoms with Crippen LogP contribution in [0.5, 0.6) is 0 Å². The maximum absolute atomic E-state index is 10.6. The summed E-state index contributed by atoms with van der Waals surface area (Å²) >= 11 is 0. The number of ether oxygens (including phenoxy) is 1. The highest BCUT2D eigenvalue weighted by Crippen LogP contribution is 2.34. The number of carbonyl (C=O) groups is 1. The van der Waals surface area contributed by atoms with Crippen LogP contribution in [0.2, 0.25) is 0 Å². The third-order valence-corrected chi connectivity index (χ3v) is 1.61. The van der Waals surface area contributed by atoms with Crippen LogP contribution in [0.15, 0.2) is 0 Å². The van der Waals surface area contributed by atoms with Gasteiger partial charge < -0.3 is 4.74 Å². The molecule has 1 saturated carbocycles. The van der Waals surface area contributed by atoms with Crippen molar-refractivity contribution >= 4 is 5.97 Å². The molecular weight excluding hydrogens is 128 g/mol. The molecule has 1 radical (unpaired) electrons. The molecule has 1 aliphatic carbocycles. The van der Waals surface area contributed by atoms with Gasteiger partial charge in [-0.3, -0.25) is 4.79 Å².